The predicted octanol–water partition coefficient (Wildman–Crippen LogP) is 3.53. The van der Waals surface area contributed by atoms with Crippen LogP contribution in [0.4, 0.5) is 0 Å². The highest BCUT2D eigenvalue weighted by Gasteiger charge is 2.32. The number of ether oxygens (including phenoxy) is 2. The summed E-state index contributed by atoms with van der Waals surface area (Å²) in [4.78, 5) is 0. The van der Waals surface area contributed by atoms with E-state index in [1.807, 2.05) is 25.1 Å². The third-order valence-corrected chi connectivity index (χ3v) is 3.29. The van der Waals surface area contributed by atoms with Crippen molar-refractivity contribution >= 4 is 0 Å². The summed E-state index contributed by atoms with van der Waals surface area (Å²) in [6.07, 6.45) is 0.838. The highest BCUT2D eigenvalue weighted by molar-refractivity contribution is 5.42. The van der Waals surface area contributed by atoms with Crippen LogP contribution in [0.5, 0.6) is 11.5 Å². The van der Waals surface area contributed by atoms with Gasteiger partial charge in [0.2, 0.25) is 0 Å². The van der Waals surface area contributed by atoms with Gasteiger partial charge in [-0.2, -0.15) is 0 Å². The van der Waals surface area contributed by atoms with E-state index in [4.69, 9.17) is 15.2 Å². The van der Waals surface area contributed by atoms with Gasteiger partial charge in [-0.25, -0.2) is 0 Å². The first-order valence-corrected chi connectivity index (χ1v) is 6.86. The molecule has 0 saturated heterocycles. The lowest BCUT2D eigenvalue weighted by atomic mass is 9.84. The van der Waals surface area contributed by atoms with E-state index in [0.29, 0.717) is 0 Å². The lowest BCUT2D eigenvalue weighted by Crippen LogP contribution is -2.47. The van der Waals surface area contributed by atoms with Crippen molar-refractivity contribution in [2.24, 2.45) is 11.1 Å². The summed E-state index contributed by atoms with van der Waals surface area (Å²) >= 11 is 0. The molecule has 0 aromatic heterocycles. The van der Waals surface area contributed by atoms with E-state index in [9.17, 15) is 0 Å². The number of benzene rings is 1. The number of aryl methyl sites for hydroxylation is 1. The van der Waals surface area contributed by atoms with E-state index in [1.54, 1.807) is 7.11 Å². The molecule has 0 heterocycles. The summed E-state index contributed by atoms with van der Waals surface area (Å²) in [5.74, 6) is 1.52. The van der Waals surface area contributed by atoms with Gasteiger partial charge in [-0.05, 0) is 31.0 Å². The summed E-state index contributed by atoms with van der Waals surface area (Å²) in [7, 11) is 1.66. The van der Waals surface area contributed by atoms with Crippen molar-refractivity contribution in [3.8, 4) is 11.5 Å². The van der Waals surface area contributed by atoms with Crippen LogP contribution in [0.25, 0.3) is 0 Å². The molecule has 0 aliphatic heterocycles. The van der Waals surface area contributed by atoms with Gasteiger partial charge < -0.3 is 15.2 Å². The Kier molecular flexibility index (Phi) is 5.24. The van der Waals surface area contributed by atoms with Crippen LogP contribution in [0.1, 0.15) is 39.7 Å². The molecule has 1 rings (SSSR count). The molecule has 0 radical (unpaired) electrons. The Morgan fingerprint density at radius 3 is 2.32 bits per heavy atom. The van der Waals surface area contributed by atoms with Gasteiger partial charge in [-0.1, -0.05) is 33.8 Å². The van der Waals surface area contributed by atoms with Crippen LogP contribution in [-0.2, 0) is 0 Å². The number of methoxy groups -OCH3 is 1. The minimum atomic E-state index is -0.0471. The fourth-order valence-electron chi connectivity index (χ4n) is 2.13. The molecule has 0 amide bonds. The van der Waals surface area contributed by atoms with Crippen LogP contribution in [-0.4, -0.2) is 19.3 Å². The number of rotatable bonds is 5. The average Bonchev–Trinajstić information content (AvgIpc) is 2.34. The largest absolute Gasteiger partial charge is 0.493 e. The quantitative estimate of drug-likeness (QED) is 0.885. The van der Waals surface area contributed by atoms with Crippen LogP contribution >= 0.6 is 0 Å². The van der Waals surface area contributed by atoms with E-state index in [0.717, 1.165) is 23.5 Å². The molecule has 1 aromatic carbocycles. The molecule has 108 valence electrons. The normalized spacial score (nSPS) is 14.9. The Bertz CT molecular complexity index is 410. The summed E-state index contributed by atoms with van der Waals surface area (Å²) < 4.78 is 11.5. The summed E-state index contributed by atoms with van der Waals surface area (Å²) in [5.41, 5.74) is 7.33. The topological polar surface area (TPSA) is 44.5 Å². The highest BCUT2D eigenvalue weighted by atomic mass is 16.5. The third-order valence-electron chi connectivity index (χ3n) is 3.29. The zero-order valence-corrected chi connectivity index (χ0v) is 13.0. The lowest BCUT2D eigenvalue weighted by Gasteiger charge is -2.35. The second-order valence-corrected chi connectivity index (χ2v) is 6.13. The fraction of sp³-hybridized carbons (Fsp3) is 0.625. The van der Waals surface area contributed by atoms with Crippen LogP contribution < -0.4 is 15.2 Å². The first-order chi connectivity index (χ1) is 8.79. The molecule has 0 spiro atoms. The van der Waals surface area contributed by atoms with Gasteiger partial charge in [0.1, 0.15) is 6.10 Å². The maximum Gasteiger partial charge on any atom is 0.161 e. The van der Waals surface area contributed by atoms with Crippen molar-refractivity contribution in [2.75, 3.05) is 7.11 Å². The van der Waals surface area contributed by atoms with Crippen LogP contribution in [0.3, 0.4) is 0 Å². The van der Waals surface area contributed by atoms with Gasteiger partial charge in [0.15, 0.2) is 11.5 Å². The standard InChI is InChI=1S/C16H27NO2/c1-7-12(17)15(16(3,4)5)19-13-9-8-11(2)10-14(13)18-6/h8-10,12,15H,7,17H2,1-6H3. The second kappa shape index (κ2) is 6.29. The van der Waals surface area contributed by atoms with E-state index in [-0.39, 0.29) is 17.6 Å². The molecule has 0 aliphatic rings. The van der Waals surface area contributed by atoms with Gasteiger partial charge in [-0.3, -0.25) is 0 Å². The molecule has 3 heteroatoms. The van der Waals surface area contributed by atoms with Crippen molar-refractivity contribution in [3.63, 3.8) is 0 Å². The highest BCUT2D eigenvalue weighted by Crippen LogP contribution is 2.33. The van der Waals surface area contributed by atoms with E-state index in [2.05, 4.69) is 27.7 Å². The summed E-state index contributed by atoms with van der Waals surface area (Å²) in [6.45, 7) is 10.6. The molecule has 2 N–H and O–H groups in total. The van der Waals surface area contributed by atoms with Gasteiger partial charge >= 0.3 is 0 Å². The van der Waals surface area contributed by atoms with E-state index < -0.39 is 0 Å². The minimum Gasteiger partial charge on any atom is -0.493 e. The average molecular weight is 265 g/mol. The number of hydrogen-bond acceptors (Lipinski definition) is 3. The maximum atomic E-state index is 6.21. The lowest BCUT2D eigenvalue weighted by molar-refractivity contribution is 0.0596. The predicted molar refractivity (Wildman–Crippen MR) is 79.9 cm³/mol. The Labute approximate surface area is 117 Å². The van der Waals surface area contributed by atoms with Crippen molar-refractivity contribution in [2.45, 2.75) is 53.2 Å². The van der Waals surface area contributed by atoms with Crippen molar-refractivity contribution in [1.29, 1.82) is 0 Å². The first kappa shape index (κ1) is 15.8. The van der Waals surface area contributed by atoms with Gasteiger partial charge in [-0.15, -0.1) is 0 Å². The molecule has 19 heavy (non-hydrogen) atoms. The molecule has 0 saturated carbocycles. The Morgan fingerprint density at radius 2 is 1.84 bits per heavy atom. The van der Waals surface area contributed by atoms with Crippen molar-refractivity contribution in [3.05, 3.63) is 23.8 Å². The van der Waals surface area contributed by atoms with Crippen molar-refractivity contribution in [1.82, 2.24) is 0 Å². The van der Waals surface area contributed by atoms with Crippen LogP contribution in [0, 0.1) is 12.3 Å². The molecule has 0 fully saturated rings. The monoisotopic (exact) mass is 265 g/mol. The SMILES string of the molecule is CCC(N)C(Oc1ccc(C)cc1OC)C(C)(C)C. The molecule has 3 nitrogen and oxygen atoms in total. The molecule has 0 bridgehead atoms. The van der Waals surface area contributed by atoms with Crippen LogP contribution in [0.2, 0.25) is 0 Å². The van der Waals surface area contributed by atoms with Crippen LogP contribution in [0.15, 0.2) is 18.2 Å². The summed E-state index contributed by atoms with van der Waals surface area (Å²) in [5, 5.41) is 0. The van der Waals surface area contributed by atoms with Gasteiger partial charge in [0.05, 0.1) is 7.11 Å². The molecule has 1 aromatic rings. The Hall–Kier alpha value is -1.22. The Balaban J connectivity index is 3.03. The first-order valence-electron chi connectivity index (χ1n) is 6.86. The number of hydrogen-bond donors (Lipinski definition) is 1. The van der Waals surface area contributed by atoms with E-state index >= 15 is 0 Å². The zero-order chi connectivity index (χ0) is 14.6. The van der Waals surface area contributed by atoms with Gasteiger partial charge in [0, 0.05) is 11.5 Å². The molecule has 2 atom stereocenters. The van der Waals surface area contributed by atoms with Gasteiger partial charge in [0.25, 0.3) is 0 Å². The minimum absolute atomic E-state index is 0.00556. The van der Waals surface area contributed by atoms with E-state index in [1.165, 1.54) is 0 Å². The maximum absolute atomic E-state index is 6.21. The number of nitrogens with two attached hydrogens (primary N) is 1. The second-order valence-electron chi connectivity index (χ2n) is 6.13. The zero-order valence-electron chi connectivity index (χ0n) is 13.0. The third kappa shape index (κ3) is 4.13. The Morgan fingerprint density at radius 1 is 1.21 bits per heavy atom. The smallest absolute Gasteiger partial charge is 0.161 e. The molecular formula is C16H27NO2. The molecule has 0 aliphatic carbocycles. The summed E-state index contributed by atoms with van der Waals surface area (Å²) in [6, 6.07) is 5.96. The fourth-order valence-corrected chi connectivity index (χ4v) is 2.13. The van der Waals surface area contributed by atoms with Crippen molar-refractivity contribution < 1.29 is 9.47 Å². The molecule has 2 unspecified atom stereocenters. The molecular weight excluding hydrogens is 238 g/mol.